The minimum atomic E-state index is -4.36. The SMILES string of the molecule is OC(=C(F)F)C(F)(F)Cl. The van der Waals surface area contributed by atoms with E-state index in [2.05, 4.69) is 11.6 Å². The van der Waals surface area contributed by atoms with E-state index in [0.717, 1.165) is 0 Å². The van der Waals surface area contributed by atoms with Crippen LogP contribution >= 0.6 is 11.6 Å². The highest BCUT2D eigenvalue weighted by Gasteiger charge is 2.35. The first kappa shape index (κ1) is 8.55. The Morgan fingerprint density at radius 1 is 1.33 bits per heavy atom. The molecule has 9 heavy (non-hydrogen) atoms. The van der Waals surface area contributed by atoms with Crippen molar-refractivity contribution in [3.05, 3.63) is 11.8 Å². The Hall–Kier alpha value is -0.450. The molecule has 0 aliphatic carbocycles. The fourth-order valence-electron chi connectivity index (χ4n) is 0.107. The Morgan fingerprint density at radius 2 is 1.67 bits per heavy atom. The Labute approximate surface area is 52.5 Å². The fourth-order valence-corrected chi connectivity index (χ4v) is 0.179. The molecule has 0 fully saturated rings. The lowest BCUT2D eigenvalue weighted by Crippen LogP contribution is -2.10. The van der Waals surface area contributed by atoms with Crippen molar-refractivity contribution in [2.75, 3.05) is 0 Å². The molecule has 0 unspecified atom stereocenters. The second kappa shape index (κ2) is 2.43. The zero-order valence-electron chi connectivity index (χ0n) is 3.84. The van der Waals surface area contributed by atoms with Crippen LogP contribution in [0.4, 0.5) is 17.6 Å². The maximum Gasteiger partial charge on any atom is 0.384 e. The molecule has 0 aromatic rings. The van der Waals surface area contributed by atoms with E-state index >= 15 is 0 Å². The van der Waals surface area contributed by atoms with Crippen molar-refractivity contribution in [1.82, 2.24) is 0 Å². The van der Waals surface area contributed by atoms with Crippen LogP contribution in [0.1, 0.15) is 0 Å². The summed E-state index contributed by atoms with van der Waals surface area (Å²) in [5.41, 5.74) is 0. The summed E-state index contributed by atoms with van der Waals surface area (Å²) in [5.74, 6) is -2.40. The first-order valence-corrected chi connectivity index (χ1v) is 2.05. The zero-order chi connectivity index (χ0) is 7.65. The Bertz CT molecular complexity index is 133. The van der Waals surface area contributed by atoms with Gasteiger partial charge < -0.3 is 5.11 Å². The van der Waals surface area contributed by atoms with E-state index in [1.807, 2.05) is 0 Å². The quantitative estimate of drug-likeness (QED) is 0.359. The van der Waals surface area contributed by atoms with Crippen LogP contribution in [0.2, 0.25) is 0 Å². The molecule has 0 rings (SSSR count). The molecule has 0 heterocycles. The van der Waals surface area contributed by atoms with Crippen LogP contribution < -0.4 is 0 Å². The van der Waals surface area contributed by atoms with Crippen molar-refractivity contribution >= 4 is 11.6 Å². The van der Waals surface area contributed by atoms with Crippen molar-refractivity contribution in [1.29, 1.82) is 0 Å². The molecular formula is C3HClF4O. The average molecular weight is 164 g/mol. The molecule has 0 saturated heterocycles. The van der Waals surface area contributed by atoms with Crippen molar-refractivity contribution in [2.45, 2.75) is 5.38 Å². The van der Waals surface area contributed by atoms with Gasteiger partial charge in [-0.15, -0.1) is 0 Å². The van der Waals surface area contributed by atoms with Crippen LogP contribution in [0.25, 0.3) is 0 Å². The standard InChI is InChI=1S/C3HClF4O/c4-3(7,8)1(9)2(5)6/h9H. The maximum absolute atomic E-state index is 11.3. The molecule has 0 aliphatic heterocycles. The minimum Gasteiger partial charge on any atom is -0.502 e. The molecule has 6 heteroatoms. The molecule has 0 bridgehead atoms. The largest absolute Gasteiger partial charge is 0.502 e. The third kappa shape index (κ3) is 2.55. The number of hydrogen-bond donors (Lipinski definition) is 1. The summed E-state index contributed by atoms with van der Waals surface area (Å²) < 4.78 is 44.7. The topological polar surface area (TPSA) is 20.2 Å². The summed E-state index contributed by atoms with van der Waals surface area (Å²) in [5, 5.41) is 3.35. The van der Waals surface area contributed by atoms with Gasteiger partial charge in [-0.2, -0.15) is 17.6 Å². The van der Waals surface area contributed by atoms with E-state index in [0.29, 0.717) is 0 Å². The van der Waals surface area contributed by atoms with Crippen LogP contribution in [-0.4, -0.2) is 10.5 Å². The van der Waals surface area contributed by atoms with E-state index in [-0.39, 0.29) is 0 Å². The van der Waals surface area contributed by atoms with Crippen molar-refractivity contribution in [3.8, 4) is 0 Å². The van der Waals surface area contributed by atoms with Gasteiger partial charge in [-0.05, 0) is 11.6 Å². The van der Waals surface area contributed by atoms with E-state index in [1.165, 1.54) is 0 Å². The normalized spacial score (nSPS) is 11.2. The van der Waals surface area contributed by atoms with Crippen LogP contribution in [0, 0.1) is 0 Å². The van der Waals surface area contributed by atoms with Crippen molar-refractivity contribution in [2.24, 2.45) is 0 Å². The summed E-state index contributed by atoms with van der Waals surface area (Å²) in [7, 11) is 0. The molecule has 0 aromatic carbocycles. The highest BCUT2D eigenvalue weighted by Crippen LogP contribution is 2.29. The molecule has 0 spiro atoms. The minimum absolute atomic E-state index is 2.40. The predicted molar refractivity (Wildman–Crippen MR) is 22.7 cm³/mol. The van der Waals surface area contributed by atoms with Gasteiger partial charge in [0.05, 0.1) is 0 Å². The highest BCUT2D eigenvalue weighted by molar-refractivity contribution is 6.23. The summed E-state index contributed by atoms with van der Waals surface area (Å²) in [6, 6.07) is 0. The van der Waals surface area contributed by atoms with Gasteiger partial charge in [-0.25, -0.2) is 0 Å². The molecule has 0 saturated carbocycles. The summed E-state index contributed by atoms with van der Waals surface area (Å²) >= 11 is 3.96. The molecule has 0 amide bonds. The van der Waals surface area contributed by atoms with Crippen LogP contribution in [0.3, 0.4) is 0 Å². The van der Waals surface area contributed by atoms with Gasteiger partial charge in [0.25, 0.3) is 0 Å². The monoisotopic (exact) mass is 164 g/mol. The van der Waals surface area contributed by atoms with Crippen molar-refractivity contribution < 1.29 is 22.7 Å². The first-order chi connectivity index (χ1) is 3.85. The summed E-state index contributed by atoms with van der Waals surface area (Å²) in [4.78, 5) is 0. The van der Waals surface area contributed by atoms with E-state index in [4.69, 9.17) is 5.11 Å². The Kier molecular flexibility index (Phi) is 2.31. The molecule has 0 aliphatic rings. The highest BCUT2D eigenvalue weighted by atomic mass is 35.5. The molecule has 0 radical (unpaired) electrons. The second-order valence-electron chi connectivity index (χ2n) is 1.11. The lowest BCUT2D eigenvalue weighted by molar-refractivity contribution is 0.0714. The van der Waals surface area contributed by atoms with Crippen molar-refractivity contribution in [3.63, 3.8) is 0 Å². The summed E-state index contributed by atoms with van der Waals surface area (Å²) in [6.45, 7) is 0. The van der Waals surface area contributed by atoms with Gasteiger partial charge in [0.2, 0.25) is 5.76 Å². The van der Waals surface area contributed by atoms with Crippen LogP contribution in [0.15, 0.2) is 11.8 Å². The summed E-state index contributed by atoms with van der Waals surface area (Å²) in [6.07, 6.45) is -2.88. The smallest absolute Gasteiger partial charge is 0.384 e. The van der Waals surface area contributed by atoms with Gasteiger partial charge in [-0.1, -0.05) is 0 Å². The van der Waals surface area contributed by atoms with Gasteiger partial charge in [0, 0.05) is 0 Å². The number of aliphatic hydroxyl groups excluding tert-OH is 1. The first-order valence-electron chi connectivity index (χ1n) is 1.67. The molecular weight excluding hydrogens is 163 g/mol. The molecule has 1 N–H and O–H groups in total. The predicted octanol–water partition coefficient (Wildman–Crippen LogP) is 2.48. The lowest BCUT2D eigenvalue weighted by atomic mass is 10.6. The maximum atomic E-state index is 11.3. The second-order valence-corrected chi connectivity index (χ2v) is 1.58. The van der Waals surface area contributed by atoms with Crippen LogP contribution in [0.5, 0.6) is 0 Å². The van der Waals surface area contributed by atoms with E-state index < -0.39 is 17.2 Å². The van der Waals surface area contributed by atoms with E-state index in [9.17, 15) is 17.6 Å². The zero-order valence-corrected chi connectivity index (χ0v) is 4.59. The molecule has 54 valence electrons. The number of aliphatic hydroxyl groups is 1. The van der Waals surface area contributed by atoms with Gasteiger partial charge in [-0.3, -0.25) is 0 Å². The van der Waals surface area contributed by atoms with Gasteiger partial charge in [0.15, 0.2) is 0 Å². The van der Waals surface area contributed by atoms with Gasteiger partial charge >= 0.3 is 11.5 Å². The average Bonchev–Trinajstić information content (AvgIpc) is 1.62. The molecule has 1 nitrogen and oxygen atoms in total. The Morgan fingerprint density at radius 3 is 1.67 bits per heavy atom. The Balaban J connectivity index is 4.40. The third-order valence-corrected chi connectivity index (χ3v) is 0.627. The number of halogens is 5. The third-order valence-electron chi connectivity index (χ3n) is 0.448. The fraction of sp³-hybridized carbons (Fsp3) is 0.333. The van der Waals surface area contributed by atoms with E-state index in [1.54, 1.807) is 0 Å². The number of alkyl halides is 3. The number of rotatable bonds is 1. The number of hydrogen-bond acceptors (Lipinski definition) is 1. The van der Waals surface area contributed by atoms with Gasteiger partial charge in [0.1, 0.15) is 0 Å². The molecule has 0 aromatic heterocycles. The lowest BCUT2D eigenvalue weighted by Gasteiger charge is -2.02. The molecule has 0 atom stereocenters. The number of allylic oxidation sites excluding steroid dienone is 1. The van der Waals surface area contributed by atoms with Crippen LogP contribution in [-0.2, 0) is 0 Å².